The fourth-order valence-electron chi connectivity index (χ4n) is 3.54. The van der Waals surface area contributed by atoms with Gasteiger partial charge in [-0.2, -0.15) is 29.8 Å². The Hall–Kier alpha value is -1.36. The Kier molecular flexibility index (Phi) is 13.1. The number of amides is 1. The molecule has 0 unspecified atom stereocenters. The van der Waals surface area contributed by atoms with E-state index in [4.69, 9.17) is 24.3 Å². The summed E-state index contributed by atoms with van der Waals surface area (Å²) in [5, 5.41) is 0. The molecule has 3 aromatic carbocycles. The van der Waals surface area contributed by atoms with Crippen molar-refractivity contribution in [1.29, 1.82) is 0 Å². The van der Waals surface area contributed by atoms with E-state index < -0.39 is 22.9 Å². The third-order valence-electron chi connectivity index (χ3n) is 4.52. The molecule has 3 aromatic rings. The summed E-state index contributed by atoms with van der Waals surface area (Å²) in [5.74, 6) is -0.593. The molecule has 1 amide bonds. The number of hydrogen-bond acceptors (Lipinski definition) is 1. The van der Waals surface area contributed by atoms with Crippen LogP contribution in [0.25, 0.3) is 16.9 Å². The molecule has 0 fully saturated rings. The van der Waals surface area contributed by atoms with Gasteiger partial charge in [0.2, 0.25) is 0 Å². The van der Waals surface area contributed by atoms with Gasteiger partial charge in [-0.25, -0.2) is 0 Å². The van der Waals surface area contributed by atoms with Crippen LogP contribution in [0.3, 0.4) is 0 Å². The van der Waals surface area contributed by atoms with E-state index in [1.807, 2.05) is 39.0 Å². The normalized spacial score (nSPS) is 10.0. The second-order valence-electron chi connectivity index (χ2n) is 7.15. The summed E-state index contributed by atoms with van der Waals surface area (Å²) < 4.78 is 0. The van der Waals surface area contributed by atoms with Crippen molar-refractivity contribution >= 4 is 34.0 Å². The van der Waals surface area contributed by atoms with Crippen molar-refractivity contribution in [3.05, 3.63) is 99.8 Å². The minimum Gasteiger partial charge on any atom is -0.179 e. The predicted molar refractivity (Wildman–Crippen MR) is 133 cm³/mol. The maximum Gasteiger partial charge on any atom is -0.0253 e. The molecular formula is C25H28Cl2NOSiTi-2. The Morgan fingerprint density at radius 3 is 2.06 bits per heavy atom. The van der Waals surface area contributed by atoms with Gasteiger partial charge in [0.05, 0.1) is 5.91 Å². The molecule has 0 heterocycles. The van der Waals surface area contributed by atoms with Gasteiger partial charge in [0.15, 0.2) is 0 Å². The van der Waals surface area contributed by atoms with Crippen LogP contribution in [0, 0.1) is 26.8 Å². The van der Waals surface area contributed by atoms with E-state index in [9.17, 15) is 4.79 Å². The second kappa shape index (κ2) is 14.7. The number of halogens is 2. The van der Waals surface area contributed by atoms with Crippen LogP contribution in [-0.4, -0.2) is 15.4 Å². The molecule has 0 saturated carbocycles. The van der Waals surface area contributed by atoms with Gasteiger partial charge < -0.3 is 10.5 Å². The van der Waals surface area contributed by atoms with E-state index in [1.165, 1.54) is 22.3 Å². The van der Waals surface area contributed by atoms with Gasteiger partial charge in [-0.1, -0.05) is 66.2 Å². The zero-order valence-electron chi connectivity index (χ0n) is 18.6. The Labute approximate surface area is 206 Å². The quantitative estimate of drug-likeness (QED) is 0.193. The van der Waals surface area contributed by atoms with Gasteiger partial charge >= 0.3 is 35.6 Å². The van der Waals surface area contributed by atoms with Gasteiger partial charge in [-0.05, 0) is 38.3 Å². The fourth-order valence-corrected chi connectivity index (χ4v) is 3.54. The predicted octanol–water partition coefficient (Wildman–Crippen LogP) is 7.76. The van der Waals surface area contributed by atoms with E-state index >= 15 is 0 Å². The number of fused-ring (bicyclic) bond motifs is 3. The smallest absolute Gasteiger partial charge is 0.0253 e. The number of aryl methyl sites for hydroxylation is 3. The first kappa shape index (κ1) is 27.7. The Morgan fingerprint density at radius 2 is 1.52 bits per heavy atom. The zero-order valence-corrected chi connectivity index (χ0v) is 22.9. The van der Waals surface area contributed by atoms with Gasteiger partial charge in [0, 0.05) is 15.1 Å². The average molecular weight is 505 g/mol. The topological polar surface area (TPSA) is 40.9 Å². The molecule has 0 atom stereocenters. The van der Waals surface area contributed by atoms with E-state index in [0.717, 1.165) is 32.6 Å². The molecule has 0 saturated heterocycles. The first-order valence-corrected chi connectivity index (χ1v) is 16.5. The van der Waals surface area contributed by atoms with E-state index in [0.29, 0.717) is 5.56 Å². The minimum absolute atomic E-state index is 0.542. The number of nitrogens with one attached hydrogen (secondary N) is 1. The number of carbonyl (C=O) groups excluding carboxylic acids is 1. The standard InChI is InChI=1S/C13H9.C10H13NO.C2H7Si.2ClH.Ti/c1-3-7-12-10(5-1)9-11-6-2-4-8-13(11)12;1-6-4-7(2)9(10(11)12)8(3)5-6;1-3-2;;;/h1-5,7-8H,9H2;4-5H,1-3H3,(H2,11,12);3H,1-2H3;2*1H;/q-1;;;;;+2/p-3. The number of rotatable bonds is 1. The SMILES string of the molecule is C[SiH]C.Cc1cc(C)c(C([NH-])=O)c(C)c1.[Cl][Ti][Cl].[c-]1cccc2c1Cc1ccccc1-2. The number of benzene rings is 3. The van der Waals surface area contributed by atoms with E-state index in [1.54, 1.807) is 0 Å². The molecule has 1 aliphatic carbocycles. The first-order valence-electron chi connectivity index (χ1n) is 9.92. The van der Waals surface area contributed by atoms with Crippen LogP contribution in [0.5, 0.6) is 0 Å². The van der Waals surface area contributed by atoms with Gasteiger partial charge in [0.1, 0.15) is 0 Å². The molecule has 0 aromatic heterocycles. The zero-order chi connectivity index (χ0) is 23.4. The molecule has 2 nitrogen and oxygen atoms in total. The molecule has 0 spiro atoms. The monoisotopic (exact) mass is 504 g/mol. The van der Waals surface area contributed by atoms with Crippen molar-refractivity contribution in [2.24, 2.45) is 0 Å². The number of carbonyl (C=O) groups is 1. The van der Waals surface area contributed by atoms with Crippen LogP contribution in [0.2, 0.25) is 13.1 Å². The summed E-state index contributed by atoms with van der Waals surface area (Å²) in [5.41, 5.74) is 16.0. The summed E-state index contributed by atoms with van der Waals surface area (Å²) in [4.78, 5) is 10.9. The van der Waals surface area contributed by atoms with Crippen molar-refractivity contribution in [2.45, 2.75) is 40.3 Å². The molecule has 6 heteroatoms. The summed E-state index contributed by atoms with van der Waals surface area (Å²) in [6, 6.07) is 22.0. The summed E-state index contributed by atoms with van der Waals surface area (Å²) in [7, 11) is 10.5. The minimum atomic E-state index is -0.593. The molecule has 163 valence electrons. The average Bonchev–Trinajstić information content (AvgIpc) is 3.07. The Bertz CT molecular complexity index is 926. The largest absolute Gasteiger partial charge is 0.179 e. The molecule has 31 heavy (non-hydrogen) atoms. The van der Waals surface area contributed by atoms with Crippen LogP contribution >= 0.6 is 18.6 Å². The van der Waals surface area contributed by atoms with Crippen LogP contribution in [-0.2, 0) is 23.5 Å². The third-order valence-corrected chi connectivity index (χ3v) is 4.52. The Morgan fingerprint density at radius 1 is 1.00 bits per heavy atom. The van der Waals surface area contributed by atoms with Crippen molar-refractivity contribution in [3.63, 3.8) is 0 Å². The number of hydrogen-bond donors (Lipinski definition) is 0. The van der Waals surface area contributed by atoms with Crippen molar-refractivity contribution in [2.75, 3.05) is 0 Å². The van der Waals surface area contributed by atoms with Crippen molar-refractivity contribution < 1.29 is 21.8 Å². The summed E-state index contributed by atoms with van der Waals surface area (Å²) >= 11 is -0.556. The van der Waals surface area contributed by atoms with Crippen molar-refractivity contribution in [3.8, 4) is 11.1 Å². The molecule has 1 N–H and O–H groups in total. The van der Waals surface area contributed by atoms with Crippen LogP contribution in [0.1, 0.15) is 38.2 Å². The summed E-state index contributed by atoms with van der Waals surface area (Å²) in [6.07, 6.45) is 1.05. The summed E-state index contributed by atoms with van der Waals surface area (Å²) in [6.45, 7) is 10.1. The first-order chi connectivity index (χ1) is 14.8. The molecule has 1 radical (unpaired) electrons. The second-order valence-corrected chi connectivity index (χ2v) is 10.9. The van der Waals surface area contributed by atoms with Gasteiger partial charge in [0.25, 0.3) is 0 Å². The molecule has 0 aliphatic heterocycles. The van der Waals surface area contributed by atoms with Gasteiger partial charge in [-0.15, -0.1) is 5.56 Å². The molecule has 4 rings (SSSR count). The maximum absolute atomic E-state index is 10.9. The Balaban J connectivity index is 0.000000249. The van der Waals surface area contributed by atoms with Gasteiger partial charge in [-0.3, -0.25) is 0 Å². The maximum atomic E-state index is 10.9. The van der Waals surface area contributed by atoms with Crippen LogP contribution < -0.4 is 0 Å². The third kappa shape index (κ3) is 8.59. The van der Waals surface area contributed by atoms with Crippen molar-refractivity contribution in [1.82, 2.24) is 0 Å². The van der Waals surface area contributed by atoms with Crippen LogP contribution in [0.4, 0.5) is 0 Å². The van der Waals surface area contributed by atoms with E-state index in [-0.39, 0.29) is 0 Å². The van der Waals surface area contributed by atoms with Crippen LogP contribution in [0.15, 0.2) is 54.6 Å². The molecule has 1 aliphatic rings. The van der Waals surface area contributed by atoms with E-state index in [2.05, 4.69) is 55.6 Å². The fraction of sp³-hybridized carbons (Fsp3) is 0.240. The molecular weight excluding hydrogens is 477 g/mol. The molecule has 0 bridgehead atoms.